The van der Waals surface area contributed by atoms with Crippen LogP contribution in [0.25, 0.3) is 0 Å². The number of hydrogen-bond donors (Lipinski definition) is 2. The van der Waals surface area contributed by atoms with Gasteiger partial charge in [0.05, 0.1) is 24.1 Å². The number of urea groups is 2. The molecule has 1 fully saturated rings. The molecule has 5 amide bonds. The van der Waals surface area contributed by atoms with Crippen molar-refractivity contribution in [2.45, 2.75) is 16.9 Å². The summed E-state index contributed by atoms with van der Waals surface area (Å²) in [6.07, 6.45) is 2.92. The molecule has 35 heavy (non-hydrogen) atoms. The Bertz CT molecular complexity index is 1240. The third-order valence-electron chi connectivity index (χ3n) is 4.92. The number of aromatic nitrogens is 1. The maximum atomic E-state index is 12.9. The van der Waals surface area contributed by atoms with Crippen molar-refractivity contribution in [3.63, 3.8) is 0 Å². The van der Waals surface area contributed by atoms with Crippen LogP contribution < -0.4 is 15.5 Å². The Kier molecular flexibility index (Phi) is 6.92. The van der Waals surface area contributed by atoms with Crippen LogP contribution >= 0.6 is 11.8 Å². The largest absolute Gasteiger partial charge is 0.446 e. The standard InChI is InChI=1S/C23H18F3N5O3S/c24-23(25,26)35-18-8-6-17(7-9-18)31-20(32)14-30(22(31)34)13-15-10-11-27-12-19(15)29-21(33)28-16-4-2-1-3-5-16/h1-12H,13-14H2,(H2,28,29,33). The summed E-state index contributed by atoms with van der Waals surface area (Å²) in [5, 5.41) is 5.36. The number of pyridine rings is 1. The van der Waals surface area contributed by atoms with Crippen LogP contribution in [0.4, 0.5) is 39.8 Å². The predicted octanol–water partition coefficient (Wildman–Crippen LogP) is 5.31. The zero-order valence-electron chi connectivity index (χ0n) is 18.0. The van der Waals surface area contributed by atoms with Gasteiger partial charge in [0.1, 0.15) is 6.54 Å². The number of alkyl halides is 3. The van der Waals surface area contributed by atoms with Crippen molar-refractivity contribution in [1.82, 2.24) is 9.88 Å². The number of amides is 5. The Balaban J connectivity index is 1.44. The van der Waals surface area contributed by atoms with Gasteiger partial charge in [-0.25, -0.2) is 14.5 Å². The van der Waals surface area contributed by atoms with Gasteiger partial charge >= 0.3 is 17.6 Å². The van der Waals surface area contributed by atoms with Crippen LogP contribution in [0.2, 0.25) is 0 Å². The van der Waals surface area contributed by atoms with Gasteiger partial charge in [-0.3, -0.25) is 9.78 Å². The van der Waals surface area contributed by atoms with Gasteiger partial charge in [0.2, 0.25) is 0 Å². The first-order valence-electron chi connectivity index (χ1n) is 10.2. The quantitative estimate of drug-likeness (QED) is 0.353. The lowest BCUT2D eigenvalue weighted by Gasteiger charge is -2.19. The van der Waals surface area contributed by atoms with E-state index in [1.165, 1.54) is 41.6 Å². The lowest BCUT2D eigenvalue weighted by atomic mass is 10.2. The number of halogens is 3. The predicted molar refractivity (Wildman–Crippen MR) is 125 cm³/mol. The number of carbonyl (C=O) groups is 3. The van der Waals surface area contributed by atoms with E-state index < -0.39 is 23.5 Å². The van der Waals surface area contributed by atoms with Crippen molar-refractivity contribution >= 4 is 46.8 Å². The second kappa shape index (κ2) is 10.1. The van der Waals surface area contributed by atoms with Crippen LogP contribution in [-0.4, -0.2) is 39.9 Å². The summed E-state index contributed by atoms with van der Waals surface area (Å²) < 4.78 is 37.6. The van der Waals surface area contributed by atoms with Gasteiger partial charge in [-0.1, -0.05) is 18.2 Å². The van der Waals surface area contributed by atoms with Gasteiger partial charge in [-0.2, -0.15) is 13.2 Å². The second-order valence-corrected chi connectivity index (χ2v) is 8.53. The summed E-state index contributed by atoms with van der Waals surface area (Å²) >= 11 is -0.282. The van der Waals surface area contributed by atoms with Gasteiger partial charge in [-0.05, 0) is 59.8 Å². The molecule has 180 valence electrons. The minimum Gasteiger partial charge on any atom is -0.310 e. The van der Waals surface area contributed by atoms with Gasteiger partial charge < -0.3 is 15.5 Å². The maximum Gasteiger partial charge on any atom is 0.446 e. The molecule has 1 aliphatic rings. The fourth-order valence-corrected chi connectivity index (χ4v) is 3.95. The number of thioether (sulfide) groups is 1. The Morgan fingerprint density at radius 3 is 2.40 bits per heavy atom. The molecule has 0 unspecified atom stereocenters. The fraction of sp³-hybridized carbons (Fsp3) is 0.130. The van der Waals surface area contributed by atoms with Gasteiger partial charge in [-0.15, -0.1) is 0 Å². The van der Waals surface area contributed by atoms with Crippen molar-refractivity contribution in [3.8, 4) is 0 Å². The van der Waals surface area contributed by atoms with E-state index in [1.54, 1.807) is 30.3 Å². The number of rotatable bonds is 6. The van der Waals surface area contributed by atoms with Gasteiger partial charge in [0.25, 0.3) is 5.91 Å². The van der Waals surface area contributed by atoms with Crippen LogP contribution in [0.5, 0.6) is 0 Å². The number of benzene rings is 2. The van der Waals surface area contributed by atoms with Crippen LogP contribution in [-0.2, 0) is 11.3 Å². The Labute approximate surface area is 202 Å². The van der Waals surface area contributed by atoms with Gasteiger partial charge in [0.15, 0.2) is 0 Å². The van der Waals surface area contributed by atoms with Crippen molar-refractivity contribution < 1.29 is 27.6 Å². The van der Waals surface area contributed by atoms with Crippen LogP contribution in [0, 0.1) is 0 Å². The topological polar surface area (TPSA) is 94.6 Å². The molecular weight excluding hydrogens is 483 g/mol. The molecule has 8 nitrogen and oxygen atoms in total. The van der Waals surface area contributed by atoms with Crippen LogP contribution in [0.15, 0.2) is 78.0 Å². The highest BCUT2D eigenvalue weighted by Gasteiger charge is 2.37. The fourth-order valence-electron chi connectivity index (χ4n) is 3.41. The Morgan fingerprint density at radius 2 is 1.71 bits per heavy atom. The molecule has 2 N–H and O–H groups in total. The molecule has 0 atom stereocenters. The molecular formula is C23H18F3N5O3S. The van der Waals surface area contributed by atoms with Crippen molar-refractivity contribution in [2.24, 2.45) is 0 Å². The summed E-state index contributed by atoms with van der Waals surface area (Å²) in [4.78, 5) is 44.0. The van der Waals surface area contributed by atoms with Crippen LogP contribution in [0.3, 0.4) is 0 Å². The smallest absolute Gasteiger partial charge is 0.310 e. The van der Waals surface area contributed by atoms with Crippen molar-refractivity contribution in [1.29, 1.82) is 0 Å². The third-order valence-corrected chi connectivity index (χ3v) is 5.66. The molecule has 1 saturated heterocycles. The molecule has 2 aromatic carbocycles. The van der Waals surface area contributed by atoms with E-state index in [4.69, 9.17) is 0 Å². The van der Waals surface area contributed by atoms with Gasteiger partial charge in [0, 0.05) is 16.8 Å². The highest BCUT2D eigenvalue weighted by molar-refractivity contribution is 8.00. The Hall–Kier alpha value is -4.06. The molecule has 1 aliphatic heterocycles. The number of anilines is 3. The summed E-state index contributed by atoms with van der Waals surface area (Å²) in [5.41, 5.74) is -2.78. The molecule has 0 bridgehead atoms. The summed E-state index contributed by atoms with van der Waals surface area (Å²) in [7, 11) is 0. The molecule has 0 saturated carbocycles. The molecule has 3 aromatic rings. The number of para-hydroxylation sites is 1. The third kappa shape index (κ3) is 6.09. The van der Waals surface area contributed by atoms with E-state index in [2.05, 4.69) is 15.6 Å². The molecule has 0 radical (unpaired) electrons. The van der Waals surface area contributed by atoms with E-state index in [1.807, 2.05) is 6.07 Å². The van der Waals surface area contributed by atoms with E-state index >= 15 is 0 Å². The number of nitrogens with one attached hydrogen (secondary N) is 2. The summed E-state index contributed by atoms with van der Waals surface area (Å²) in [5.74, 6) is -0.517. The lowest BCUT2D eigenvalue weighted by Crippen LogP contribution is -2.33. The average molecular weight is 501 g/mol. The minimum atomic E-state index is -4.44. The first kappa shape index (κ1) is 24.1. The number of hydrogen-bond acceptors (Lipinski definition) is 5. The summed E-state index contributed by atoms with van der Waals surface area (Å²) in [6, 6.07) is 14.3. The van der Waals surface area contributed by atoms with E-state index in [9.17, 15) is 27.6 Å². The Morgan fingerprint density at radius 1 is 1.00 bits per heavy atom. The molecule has 2 heterocycles. The highest BCUT2D eigenvalue weighted by atomic mass is 32.2. The SMILES string of the molecule is O=C(Nc1ccccc1)Nc1cnccc1CN1CC(=O)N(c2ccc(SC(F)(F)F)cc2)C1=O. The van der Waals surface area contributed by atoms with Crippen LogP contribution in [0.1, 0.15) is 5.56 Å². The number of carbonyl (C=O) groups excluding carboxylic acids is 3. The number of imide groups is 1. The van der Waals surface area contributed by atoms with E-state index in [0.29, 0.717) is 16.9 Å². The normalized spacial score (nSPS) is 13.8. The minimum absolute atomic E-state index is 0.00650. The zero-order chi connectivity index (χ0) is 25.0. The maximum absolute atomic E-state index is 12.9. The van der Waals surface area contributed by atoms with Crippen molar-refractivity contribution in [2.75, 3.05) is 22.1 Å². The molecule has 12 heteroatoms. The monoisotopic (exact) mass is 501 g/mol. The first-order chi connectivity index (χ1) is 16.7. The van der Waals surface area contributed by atoms with E-state index in [0.717, 1.165) is 4.90 Å². The average Bonchev–Trinajstić information content (AvgIpc) is 3.08. The lowest BCUT2D eigenvalue weighted by molar-refractivity contribution is -0.116. The molecule has 4 rings (SSSR count). The first-order valence-corrected chi connectivity index (χ1v) is 11.0. The van der Waals surface area contributed by atoms with E-state index in [-0.39, 0.29) is 35.4 Å². The van der Waals surface area contributed by atoms with Crippen molar-refractivity contribution in [3.05, 3.63) is 78.6 Å². The second-order valence-electron chi connectivity index (χ2n) is 7.39. The zero-order valence-corrected chi connectivity index (χ0v) is 18.8. The molecule has 1 aromatic heterocycles. The molecule has 0 spiro atoms. The molecule has 0 aliphatic carbocycles. The highest BCUT2D eigenvalue weighted by Crippen LogP contribution is 2.37. The summed E-state index contributed by atoms with van der Waals surface area (Å²) in [6.45, 7) is -0.220. The number of nitrogens with zero attached hydrogens (tertiary/aromatic N) is 3.